The summed E-state index contributed by atoms with van der Waals surface area (Å²) >= 11 is 0. The lowest BCUT2D eigenvalue weighted by Gasteiger charge is -2.20. The highest BCUT2D eigenvalue weighted by molar-refractivity contribution is 5.90. The molecule has 0 saturated heterocycles. The zero-order chi connectivity index (χ0) is 21.4. The molecule has 2 N–H and O–H groups in total. The standard InChI is InChI=1S/C19H25N5O5/c1-6-20-16-21-17(24-19(2,3)4)23-18(22-16)29-13-9-7-12(8-10-13)15(26)28-11-14(25)27-5/h7-10H,6,11H2,1-5H3,(H2,20,21,22,23,24). The number of carbonyl (C=O) groups excluding carboxylic acids is 2. The van der Waals surface area contributed by atoms with E-state index in [-0.39, 0.29) is 17.1 Å². The quantitative estimate of drug-likeness (QED) is 0.635. The fraction of sp³-hybridized carbons (Fsp3) is 0.421. The summed E-state index contributed by atoms with van der Waals surface area (Å²) in [5.74, 6) is -0.101. The summed E-state index contributed by atoms with van der Waals surface area (Å²) in [5.41, 5.74) is 0.0224. The normalized spacial score (nSPS) is 10.8. The van der Waals surface area contributed by atoms with Crippen LogP contribution in [0.3, 0.4) is 0 Å². The predicted octanol–water partition coefficient (Wildman–Crippen LogP) is 2.64. The van der Waals surface area contributed by atoms with Gasteiger partial charge in [-0.1, -0.05) is 0 Å². The second kappa shape index (κ2) is 9.67. The summed E-state index contributed by atoms with van der Waals surface area (Å²) in [4.78, 5) is 35.8. The molecule has 0 saturated carbocycles. The van der Waals surface area contributed by atoms with Gasteiger partial charge in [0.05, 0.1) is 12.7 Å². The number of aromatic nitrogens is 3. The molecule has 0 aliphatic rings. The van der Waals surface area contributed by atoms with Crippen LogP contribution >= 0.6 is 0 Å². The van der Waals surface area contributed by atoms with Crippen molar-refractivity contribution in [2.24, 2.45) is 0 Å². The maximum absolute atomic E-state index is 11.9. The van der Waals surface area contributed by atoms with Crippen molar-refractivity contribution in [3.63, 3.8) is 0 Å². The van der Waals surface area contributed by atoms with Crippen LogP contribution in [0.25, 0.3) is 0 Å². The van der Waals surface area contributed by atoms with Gasteiger partial charge in [-0.25, -0.2) is 9.59 Å². The van der Waals surface area contributed by atoms with E-state index in [1.54, 1.807) is 12.1 Å². The molecule has 29 heavy (non-hydrogen) atoms. The molecule has 2 rings (SSSR count). The third-order valence-corrected chi connectivity index (χ3v) is 3.28. The number of nitrogens with one attached hydrogen (secondary N) is 2. The molecule has 0 aliphatic carbocycles. The van der Waals surface area contributed by atoms with Gasteiger partial charge in [0.15, 0.2) is 6.61 Å². The molecule has 0 unspecified atom stereocenters. The molecule has 0 amide bonds. The third-order valence-electron chi connectivity index (χ3n) is 3.28. The Morgan fingerprint density at radius 3 is 2.28 bits per heavy atom. The average Bonchev–Trinajstić information content (AvgIpc) is 2.65. The van der Waals surface area contributed by atoms with Crippen molar-refractivity contribution in [1.82, 2.24) is 15.0 Å². The molecule has 0 radical (unpaired) electrons. The number of nitrogens with zero attached hydrogens (tertiary/aromatic N) is 3. The van der Waals surface area contributed by atoms with Gasteiger partial charge in [0.2, 0.25) is 11.9 Å². The van der Waals surface area contributed by atoms with Gasteiger partial charge in [0.1, 0.15) is 5.75 Å². The van der Waals surface area contributed by atoms with Crippen molar-refractivity contribution in [3.8, 4) is 11.8 Å². The summed E-state index contributed by atoms with van der Waals surface area (Å²) in [7, 11) is 1.22. The van der Waals surface area contributed by atoms with Crippen molar-refractivity contribution in [3.05, 3.63) is 29.8 Å². The van der Waals surface area contributed by atoms with E-state index >= 15 is 0 Å². The van der Waals surface area contributed by atoms with Crippen LogP contribution in [0, 0.1) is 0 Å². The number of methoxy groups -OCH3 is 1. The third kappa shape index (κ3) is 7.24. The Labute approximate surface area is 169 Å². The Morgan fingerprint density at radius 2 is 1.69 bits per heavy atom. The Morgan fingerprint density at radius 1 is 1.03 bits per heavy atom. The minimum atomic E-state index is -0.645. The van der Waals surface area contributed by atoms with Crippen LogP contribution in [-0.2, 0) is 14.3 Å². The number of rotatable bonds is 8. The van der Waals surface area contributed by atoms with Crippen LogP contribution in [0.4, 0.5) is 11.9 Å². The van der Waals surface area contributed by atoms with Crippen molar-refractivity contribution < 1.29 is 23.8 Å². The van der Waals surface area contributed by atoms with Gasteiger partial charge in [-0.05, 0) is 52.0 Å². The van der Waals surface area contributed by atoms with Crippen molar-refractivity contribution in [2.75, 3.05) is 30.9 Å². The molecular weight excluding hydrogens is 378 g/mol. The van der Waals surface area contributed by atoms with E-state index in [1.165, 1.54) is 19.2 Å². The van der Waals surface area contributed by atoms with Gasteiger partial charge in [-0.2, -0.15) is 15.0 Å². The van der Waals surface area contributed by atoms with Gasteiger partial charge in [0.25, 0.3) is 0 Å². The smallest absolute Gasteiger partial charge is 0.344 e. The fourth-order valence-corrected chi connectivity index (χ4v) is 2.06. The SMILES string of the molecule is CCNc1nc(NC(C)(C)C)nc(Oc2ccc(C(=O)OCC(=O)OC)cc2)n1. The second-order valence-electron chi connectivity index (χ2n) is 6.95. The van der Waals surface area contributed by atoms with Gasteiger partial charge in [-0.15, -0.1) is 0 Å². The summed E-state index contributed by atoms with van der Waals surface area (Å²) in [5, 5.41) is 6.21. The first kappa shape index (κ1) is 21.9. The van der Waals surface area contributed by atoms with Gasteiger partial charge < -0.3 is 24.8 Å². The zero-order valence-electron chi connectivity index (χ0n) is 17.1. The number of anilines is 2. The molecule has 10 heteroatoms. The van der Waals surface area contributed by atoms with Crippen LogP contribution in [0.1, 0.15) is 38.1 Å². The van der Waals surface area contributed by atoms with E-state index < -0.39 is 18.5 Å². The molecule has 1 aromatic heterocycles. The van der Waals surface area contributed by atoms with Crippen molar-refractivity contribution in [1.29, 1.82) is 0 Å². The molecule has 0 spiro atoms. The maximum Gasteiger partial charge on any atom is 0.344 e. The van der Waals surface area contributed by atoms with E-state index in [9.17, 15) is 9.59 Å². The number of hydrogen-bond donors (Lipinski definition) is 2. The van der Waals surface area contributed by atoms with Gasteiger partial charge in [-0.3, -0.25) is 0 Å². The molecular formula is C19H25N5O5. The summed E-state index contributed by atoms with van der Waals surface area (Å²) in [6.45, 7) is 8.09. The molecule has 1 heterocycles. The maximum atomic E-state index is 11.9. The van der Waals surface area contributed by atoms with E-state index in [4.69, 9.17) is 9.47 Å². The number of carbonyl (C=O) groups is 2. The zero-order valence-corrected chi connectivity index (χ0v) is 17.1. The molecule has 0 atom stereocenters. The minimum Gasteiger partial charge on any atom is -0.466 e. The monoisotopic (exact) mass is 403 g/mol. The lowest BCUT2D eigenvalue weighted by atomic mass is 10.1. The number of benzene rings is 1. The summed E-state index contributed by atoms with van der Waals surface area (Å²) in [6, 6.07) is 6.26. The van der Waals surface area contributed by atoms with Crippen molar-refractivity contribution in [2.45, 2.75) is 33.2 Å². The largest absolute Gasteiger partial charge is 0.466 e. The fourth-order valence-electron chi connectivity index (χ4n) is 2.06. The predicted molar refractivity (Wildman–Crippen MR) is 106 cm³/mol. The Hall–Kier alpha value is -3.43. The summed E-state index contributed by atoms with van der Waals surface area (Å²) < 4.78 is 15.0. The molecule has 1 aromatic carbocycles. The lowest BCUT2D eigenvalue weighted by molar-refractivity contribution is -0.144. The molecule has 0 bridgehead atoms. The molecule has 2 aromatic rings. The summed E-state index contributed by atoms with van der Waals surface area (Å²) in [6.07, 6.45) is 0. The molecule has 0 aliphatic heterocycles. The average molecular weight is 403 g/mol. The van der Waals surface area contributed by atoms with Crippen LogP contribution < -0.4 is 15.4 Å². The Kier molecular flexibility index (Phi) is 7.29. The second-order valence-corrected chi connectivity index (χ2v) is 6.95. The first-order valence-corrected chi connectivity index (χ1v) is 9.00. The van der Waals surface area contributed by atoms with Gasteiger partial charge in [0, 0.05) is 12.1 Å². The van der Waals surface area contributed by atoms with Crippen LogP contribution in [0.2, 0.25) is 0 Å². The van der Waals surface area contributed by atoms with Gasteiger partial charge >= 0.3 is 17.9 Å². The molecule has 156 valence electrons. The molecule has 0 fully saturated rings. The minimum absolute atomic E-state index is 0.101. The highest BCUT2D eigenvalue weighted by Crippen LogP contribution is 2.22. The number of hydrogen-bond acceptors (Lipinski definition) is 10. The lowest BCUT2D eigenvalue weighted by Crippen LogP contribution is -2.27. The van der Waals surface area contributed by atoms with Crippen molar-refractivity contribution >= 4 is 23.8 Å². The number of ether oxygens (including phenoxy) is 3. The molecule has 10 nitrogen and oxygen atoms in total. The number of esters is 2. The Balaban J connectivity index is 2.12. The van der Waals surface area contributed by atoms with Crippen LogP contribution in [0.5, 0.6) is 11.8 Å². The van der Waals surface area contributed by atoms with E-state index in [0.29, 0.717) is 24.2 Å². The van der Waals surface area contributed by atoms with E-state index in [0.717, 1.165) is 0 Å². The first-order valence-electron chi connectivity index (χ1n) is 9.00. The Bertz CT molecular complexity index is 849. The van der Waals surface area contributed by atoms with E-state index in [2.05, 4.69) is 30.3 Å². The first-order chi connectivity index (χ1) is 13.7. The topological polar surface area (TPSA) is 125 Å². The van der Waals surface area contributed by atoms with Crippen LogP contribution in [0.15, 0.2) is 24.3 Å². The highest BCUT2D eigenvalue weighted by Gasteiger charge is 2.15. The van der Waals surface area contributed by atoms with E-state index in [1.807, 2.05) is 27.7 Å². The van der Waals surface area contributed by atoms with Crippen LogP contribution in [-0.4, -0.2) is 52.7 Å². The highest BCUT2D eigenvalue weighted by atomic mass is 16.6.